The van der Waals surface area contributed by atoms with E-state index in [9.17, 15) is 4.79 Å². The normalized spacial score (nSPS) is 14.4. The fourth-order valence-electron chi connectivity index (χ4n) is 2.92. The first-order valence-corrected chi connectivity index (χ1v) is 8.85. The standard InChI is InChI=1S/C20H26N4O/c1-15(2)16-3-5-17(6-4-16)22-20(25)23-18-7-9-19(10-8-18)24-13-11-21-12-14-24/h3-10,15,21H,11-14H2,1-2H3,(H2,22,23,25). The molecule has 1 fully saturated rings. The molecule has 0 saturated carbocycles. The molecular weight excluding hydrogens is 312 g/mol. The third-order valence-electron chi connectivity index (χ3n) is 4.44. The summed E-state index contributed by atoms with van der Waals surface area (Å²) < 4.78 is 0. The van der Waals surface area contributed by atoms with Crippen LogP contribution < -0.4 is 20.9 Å². The molecule has 2 aromatic carbocycles. The lowest BCUT2D eigenvalue weighted by Gasteiger charge is -2.29. The number of benzene rings is 2. The van der Waals surface area contributed by atoms with Gasteiger partial charge in [-0.1, -0.05) is 26.0 Å². The van der Waals surface area contributed by atoms with Crippen LogP contribution in [0.1, 0.15) is 25.3 Å². The van der Waals surface area contributed by atoms with Crippen molar-refractivity contribution in [3.63, 3.8) is 0 Å². The zero-order valence-corrected chi connectivity index (χ0v) is 14.9. The SMILES string of the molecule is CC(C)c1ccc(NC(=O)Nc2ccc(N3CCNCC3)cc2)cc1. The Labute approximate surface area is 149 Å². The lowest BCUT2D eigenvalue weighted by molar-refractivity contribution is 0.262. The third kappa shape index (κ3) is 4.73. The van der Waals surface area contributed by atoms with Crippen molar-refractivity contribution in [1.29, 1.82) is 0 Å². The summed E-state index contributed by atoms with van der Waals surface area (Å²) in [6.45, 7) is 8.35. The summed E-state index contributed by atoms with van der Waals surface area (Å²) >= 11 is 0. The van der Waals surface area contributed by atoms with Gasteiger partial charge in [-0.3, -0.25) is 0 Å². The molecule has 0 aromatic heterocycles. The first-order chi connectivity index (χ1) is 12.1. The van der Waals surface area contributed by atoms with Gasteiger partial charge in [-0.2, -0.15) is 0 Å². The fourth-order valence-corrected chi connectivity index (χ4v) is 2.92. The molecule has 3 N–H and O–H groups in total. The van der Waals surface area contributed by atoms with Crippen molar-refractivity contribution in [1.82, 2.24) is 5.32 Å². The number of carbonyl (C=O) groups is 1. The van der Waals surface area contributed by atoms with E-state index in [1.807, 2.05) is 36.4 Å². The van der Waals surface area contributed by atoms with Crippen molar-refractivity contribution in [2.24, 2.45) is 0 Å². The Hall–Kier alpha value is -2.53. The molecule has 1 aliphatic rings. The van der Waals surface area contributed by atoms with Crippen molar-refractivity contribution < 1.29 is 4.79 Å². The number of urea groups is 1. The summed E-state index contributed by atoms with van der Waals surface area (Å²) in [6.07, 6.45) is 0. The van der Waals surface area contributed by atoms with E-state index < -0.39 is 0 Å². The Morgan fingerprint density at radius 1 is 0.920 bits per heavy atom. The van der Waals surface area contributed by atoms with Gasteiger partial charge in [-0.05, 0) is 47.9 Å². The summed E-state index contributed by atoms with van der Waals surface area (Å²) in [6, 6.07) is 15.7. The summed E-state index contributed by atoms with van der Waals surface area (Å²) in [5.74, 6) is 0.483. The van der Waals surface area contributed by atoms with Gasteiger partial charge in [0.25, 0.3) is 0 Å². The Kier molecular flexibility index (Phi) is 5.56. The van der Waals surface area contributed by atoms with E-state index in [-0.39, 0.29) is 6.03 Å². The monoisotopic (exact) mass is 338 g/mol. The molecule has 0 aliphatic carbocycles. The predicted octanol–water partition coefficient (Wildman–Crippen LogP) is 3.86. The Balaban J connectivity index is 1.55. The number of hydrogen-bond donors (Lipinski definition) is 3. The van der Waals surface area contributed by atoms with Crippen LogP contribution in [0.3, 0.4) is 0 Å². The van der Waals surface area contributed by atoms with Gasteiger partial charge in [0.2, 0.25) is 0 Å². The molecular formula is C20H26N4O. The van der Waals surface area contributed by atoms with E-state index in [1.54, 1.807) is 0 Å². The minimum atomic E-state index is -0.229. The van der Waals surface area contributed by atoms with Gasteiger partial charge in [-0.15, -0.1) is 0 Å². The van der Waals surface area contributed by atoms with Crippen LogP contribution in [-0.4, -0.2) is 32.2 Å². The minimum Gasteiger partial charge on any atom is -0.369 e. The number of nitrogens with zero attached hydrogens (tertiary/aromatic N) is 1. The second kappa shape index (κ2) is 8.03. The molecule has 0 bridgehead atoms. The van der Waals surface area contributed by atoms with Gasteiger partial charge in [0, 0.05) is 43.2 Å². The maximum absolute atomic E-state index is 12.1. The second-order valence-electron chi connectivity index (χ2n) is 6.64. The smallest absolute Gasteiger partial charge is 0.323 e. The summed E-state index contributed by atoms with van der Waals surface area (Å²) in [7, 11) is 0. The highest BCUT2D eigenvalue weighted by molar-refractivity contribution is 5.99. The summed E-state index contributed by atoms with van der Waals surface area (Å²) in [4.78, 5) is 14.5. The molecule has 3 rings (SSSR count). The number of amides is 2. The molecule has 132 valence electrons. The molecule has 2 aromatic rings. The van der Waals surface area contributed by atoms with Crippen molar-refractivity contribution in [2.75, 3.05) is 41.7 Å². The summed E-state index contributed by atoms with van der Waals surface area (Å²) in [5, 5.41) is 9.09. The van der Waals surface area contributed by atoms with E-state index in [4.69, 9.17) is 0 Å². The van der Waals surface area contributed by atoms with Crippen molar-refractivity contribution in [2.45, 2.75) is 19.8 Å². The molecule has 1 aliphatic heterocycles. The average molecular weight is 338 g/mol. The number of piperazine rings is 1. The lowest BCUT2D eigenvalue weighted by atomic mass is 10.0. The van der Waals surface area contributed by atoms with Crippen LogP contribution in [0.2, 0.25) is 0 Å². The quantitative estimate of drug-likeness (QED) is 0.793. The third-order valence-corrected chi connectivity index (χ3v) is 4.44. The topological polar surface area (TPSA) is 56.4 Å². The van der Waals surface area contributed by atoms with Gasteiger partial charge < -0.3 is 20.9 Å². The Morgan fingerprint density at radius 2 is 1.44 bits per heavy atom. The van der Waals surface area contributed by atoms with Crippen molar-refractivity contribution in [3.8, 4) is 0 Å². The minimum absolute atomic E-state index is 0.229. The predicted molar refractivity (Wildman–Crippen MR) is 105 cm³/mol. The van der Waals surface area contributed by atoms with E-state index in [2.05, 4.69) is 46.8 Å². The van der Waals surface area contributed by atoms with Crippen LogP contribution in [0.15, 0.2) is 48.5 Å². The van der Waals surface area contributed by atoms with Crippen LogP contribution in [0.4, 0.5) is 21.9 Å². The van der Waals surface area contributed by atoms with Gasteiger partial charge in [0.1, 0.15) is 0 Å². The van der Waals surface area contributed by atoms with Crippen LogP contribution in [0.25, 0.3) is 0 Å². The second-order valence-corrected chi connectivity index (χ2v) is 6.64. The average Bonchev–Trinajstić information content (AvgIpc) is 2.63. The highest BCUT2D eigenvalue weighted by Crippen LogP contribution is 2.19. The van der Waals surface area contributed by atoms with Crippen LogP contribution in [-0.2, 0) is 0 Å². The molecule has 5 nitrogen and oxygen atoms in total. The molecule has 0 radical (unpaired) electrons. The van der Waals surface area contributed by atoms with E-state index in [1.165, 1.54) is 11.3 Å². The van der Waals surface area contributed by atoms with E-state index in [0.717, 1.165) is 37.6 Å². The molecule has 0 spiro atoms. The molecule has 2 amide bonds. The van der Waals surface area contributed by atoms with Crippen molar-refractivity contribution >= 4 is 23.1 Å². The van der Waals surface area contributed by atoms with Crippen molar-refractivity contribution in [3.05, 3.63) is 54.1 Å². The van der Waals surface area contributed by atoms with Gasteiger partial charge >= 0.3 is 6.03 Å². The van der Waals surface area contributed by atoms with Crippen LogP contribution >= 0.6 is 0 Å². The zero-order chi connectivity index (χ0) is 17.6. The Morgan fingerprint density at radius 3 is 1.96 bits per heavy atom. The number of hydrogen-bond acceptors (Lipinski definition) is 3. The number of anilines is 3. The van der Waals surface area contributed by atoms with Crippen LogP contribution in [0, 0.1) is 0 Å². The lowest BCUT2D eigenvalue weighted by Crippen LogP contribution is -2.43. The van der Waals surface area contributed by atoms with E-state index in [0.29, 0.717) is 5.92 Å². The summed E-state index contributed by atoms with van der Waals surface area (Å²) in [5.41, 5.74) is 4.03. The molecule has 25 heavy (non-hydrogen) atoms. The maximum Gasteiger partial charge on any atom is 0.323 e. The fraction of sp³-hybridized carbons (Fsp3) is 0.350. The highest BCUT2D eigenvalue weighted by atomic mass is 16.2. The number of carbonyl (C=O) groups excluding carboxylic acids is 1. The first kappa shape index (κ1) is 17.3. The Bertz CT molecular complexity index is 689. The molecule has 1 saturated heterocycles. The zero-order valence-electron chi connectivity index (χ0n) is 14.9. The highest BCUT2D eigenvalue weighted by Gasteiger charge is 2.10. The largest absolute Gasteiger partial charge is 0.369 e. The van der Waals surface area contributed by atoms with Crippen LogP contribution in [0.5, 0.6) is 0 Å². The molecule has 0 atom stereocenters. The number of rotatable bonds is 4. The molecule has 5 heteroatoms. The van der Waals surface area contributed by atoms with Gasteiger partial charge in [0.15, 0.2) is 0 Å². The molecule has 1 heterocycles. The number of nitrogens with one attached hydrogen (secondary N) is 3. The van der Waals surface area contributed by atoms with Gasteiger partial charge in [0.05, 0.1) is 0 Å². The maximum atomic E-state index is 12.1. The first-order valence-electron chi connectivity index (χ1n) is 8.85. The molecule has 0 unspecified atom stereocenters. The van der Waals surface area contributed by atoms with Gasteiger partial charge in [-0.25, -0.2) is 4.79 Å². The van der Waals surface area contributed by atoms with E-state index >= 15 is 0 Å².